The standard InChI is InChI=1S/C23H30N2O3S/c1-18-9-13-21(14-10-18)25(29(27,28)22-15-11-19(2)12-16-22)17-23(26)24-20-7-5-3-4-6-8-20/h9-16,20H,3-8,17H2,1-2H3,(H,24,26). The van der Waals surface area contributed by atoms with Crippen molar-refractivity contribution < 1.29 is 13.2 Å². The van der Waals surface area contributed by atoms with Crippen molar-refractivity contribution in [3.63, 3.8) is 0 Å². The van der Waals surface area contributed by atoms with E-state index < -0.39 is 10.0 Å². The zero-order chi connectivity index (χ0) is 20.9. The number of hydrogen-bond donors (Lipinski definition) is 1. The van der Waals surface area contributed by atoms with Crippen LogP contribution in [0.4, 0.5) is 5.69 Å². The third kappa shape index (κ3) is 5.60. The molecule has 0 saturated heterocycles. The number of aryl methyl sites for hydroxylation is 2. The Morgan fingerprint density at radius 2 is 1.41 bits per heavy atom. The Morgan fingerprint density at radius 3 is 1.97 bits per heavy atom. The molecule has 6 heteroatoms. The van der Waals surface area contributed by atoms with Crippen molar-refractivity contribution in [2.24, 2.45) is 0 Å². The Kier molecular flexibility index (Phi) is 6.96. The molecule has 1 aliphatic rings. The number of carbonyl (C=O) groups excluding carboxylic acids is 1. The van der Waals surface area contributed by atoms with Gasteiger partial charge in [-0.15, -0.1) is 0 Å². The largest absolute Gasteiger partial charge is 0.352 e. The summed E-state index contributed by atoms with van der Waals surface area (Å²) in [4.78, 5) is 13.0. The molecule has 3 rings (SSSR count). The summed E-state index contributed by atoms with van der Waals surface area (Å²) in [7, 11) is -3.85. The van der Waals surface area contributed by atoms with Gasteiger partial charge in [0, 0.05) is 6.04 Å². The molecule has 1 aliphatic carbocycles. The van der Waals surface area contributed by atoms with E-state index in [1.807, 2.05) is 26.0 Å². The van der Waals surface area contributed by atoms with Gasteiger partial charge >= 0.3 is 0 Å². The maximum absolute atomic E-state index is 13.4. The first-order valence-electron chi connectivity index (χ1n) is 10.3. The van der Waals surface area contributed by atoms with Gasteiger partial charge in [0.15, 0.2) is 0 Å². The number of rotatable bonds is 6. The lowest BCUT2D eigenvalue weighted by atomic mass is 10.1. The number of sulfonamides is 1. The van der Waals surface area contributed by atoms with Gasteiger partial charge in [0.25, 0.3) is 10.0 Å². The predicted octanol–water partition coefficient (Wildman–Crippen LogP) is 4.34. The molecule has 156 valence electrons. The number of benzene rings is 2. The quantitative estimate of drug-likeness (QED) is 0.715. The maximum atomic E-state index is 13.4. The van der Waals surface area contributed by atoms with Crippen LogP contribution in [0.3, 0.4) is 0 Å². The van der Waals surface area contributed by atoms with Crippen molar-refractivity contribution in [3.8, 4) is 0 Å². The topological polar surface area (TPSA) is 66.5 Å². The average molecular weight is 415 g/mol. The molecule has 0 aromatic heterocycles. The van der Waals surface area contributed by atoms with Gasteiger partial charge in [-0.2, -0.15) is 0 Å². The predicted molar refractivity (Wildman–Crippen MR) is 117 cm³/mol. The zero-order valence-electron chi connectivity index (χ0n) is 17.2. The summed E-state index contributed by atoms with van der Waals surface area (Å²) in [6.45, 7) is 3.63. The minimum absolute atomic E-state index is 0.131. The highest BCUT2D eigenvalue weighted by Crippen LogP contribution is 2.24. The molecule has 2 aromatic rings. The Labute approximate surface area is 174 Å². The first-order chi connectivity index (χ1) is 13.9. The molecule has 0 aliphatic heterocycles. The summed E-state index contributed by atoms with van der Waals surface area (Å²) in [5.41, 5.74) is 2.51. The molecule has 1 saturated carbocycles. The fourth-order valence-corrected chi connectivity index (χ4v) is 5.11. The molecule has 0 atom stereocenters. The van der Waals surface area contributed by atoms with Crippen molar-refractivity contribution in [3.05, 3.63) is 59.7 Å². The third-order valence-corrected chi connectivity index (χ3v) is 7.23. The summed E-state index contributed by atoms with van der Waals surface area (Å²) in [6, 6.07) is 14.1. The van der Waals surface area contributed by atoms with Crippen LogP contribution in [0.2, 0.25) is 0 Å². The normalized spacial score (nSPS) is 15.5. The summed E-state index contributed by atoms with van der Waals surface area (Å²) in [5, 5.41) is 3.06. The Morgan fingerprint density at radius 1 is 0.897 bits per heavy atom. The van der Waals surface area contributed by atoms with E-state index in [0.717, 1.165) is 36.8 Å². The Balaban J connectivity index is 1.85. The van der Waals surface area contributed by atoms with Crippen LogP contribution in [-0.4, -0.2) is 26.9 Å². The number of hydrogen-bond acceptors (Lipinski definition) is 3. The van der Waals surface area contributed by atoms with E-state index in [0.29, 0.717) is 5.69 Å². The summed E-state index contributed by atoms with van der Waals surface area (Å²) in [6.07, 6.45) is 6.53. The molecule has 5 nitrogen and oxygen atoms in total. The molecule has 0 spiro atoms. The van der Waals surface area contributed by atoms with Gasteiger partial charge in [-0.25, -0.2) is 8.42 Å². The summed E-state index contributed by atoms with van der Waals surface area (Å²) < 4.78 is 27.9. The second-order valence-corrected chi connectivity index (χ2v) is 9.78. The average Bonchev–Trinajstić information content (AvgIpc) is 2.96. The Bertz CT molecular complexity index is 914. The second-order valence-electron chi connectivity index (χ2n) is 7.92. The van der Waals surface area contributed by atoms with E-state index in [1.54, 1.807) is 36.4 Å². The maximum Gasteiger partial charge on any atom is 0.264 e. The summed E-state index contributed by atoms with van der Waals surface area (Å²) in [5.74, 6) is -0.256. The molecule has 1 N–H and O–H groups in total. The number of nitrogens with zero attached hydrogens (tertiary/aromatic N) is 1. The van der Waals surface area contributed by atoms with E-state index in [1.165, 1.54) is 17.1 Å². The van der Waals surface area contributed by atoms with Crippen molar-refractivity contribution in [1.82, 2.24) is 5.32 Å². The van der Waals surface area contributed by atoms with Gasteiger partial charge in [-0.05, 0) is 51.0 Å². The minimum atomic E-state index is -3.85. The van der Waals surface area contributed by atoms with Crippen LogP contribution >= 0.6 is 0 Å². The van der Waals surface area contributed by atoms with Crippen molar-refractivity contribution in [2.45, 2.75) is 63.3 Å². The van der Waals surface area contributed by atoms with Crippen molar-refractivity contribution >= 4 is 21.6 Å². The van der Waals surface area contributed by atoms with Gasteiger partial charge in [0.1, 0.15) is 6.54 Å². The van der Waals surface area contributed by atoms with Gasteiger partial charge in [0.05, 0.1) is 10.6 Å². The van der Waals surface area contributed by atoms with Crippen LogP contribution < -0.4 is 9.62 Å². The van der Waals surface area contributed by atoms with Crippen molar-refractivity contribution in [1.29, 1.82) is 0 Å². The fraction of sp³-hybridized carbons (Fsp3) is 0.435. The van der Waals surface area contributed by atoms with Crippen molar-refractivity contribution in [2.75, 3.05) is 10.8 Å². The molecule has 0 radical (unpaired) electrons. The zero-order valence-corrected chi connectivity index (χ0v) is 18.0. The molecule has 1 fully saturated rings. The molecule has 2 aromatic carbocycles. The molecule has 0 unspecified atom stereocenters. The molecule has 0 heterocycles. The number of anilines is 1. The van der Waals surface area contributed by atoms with E-state index in [2.05, 4.69) is 5.32 Å². The first-order valence-corrected chi connectivity index (χ1v) is 11.8. The lowest BCUT2D eigenvalue weighted by molar-refractivity contribution is -0.120. The highest BCUT2D eigenvalue weighted by atomic mass is 32.2. The van der Waals surface area contributed by atoms with E-state index in [-0.39, 0.29) is 23.4 Å². The molecule has 1 amide bonds. The lowest BCUT2D eigenvalue weighted by Crippen LogP contribution is -2.44. The van der Waals surface area contributed by atoms with Gasteiger partial charge in [-0.3, -0.25) is 9.10 Å². The Hall–Kier alpha value is -2.34. The van der Waals surface area contributed by atoms with Gasteiger partial charge < -0.3 is 5.32 Å². The third-order valence-electron chi connectivity index (χ3n) is 5.44. The van der Waals surface area contributed by atoms with Crippen LogP contribution in [-0.2, 0) is 14.8 Å². The highest BCUT2D eigenvalue weighted by molar-refractivity contribution is 7.92. The van der Waals surface area contributed by atoms with E-state index >= 15 is 0 Å². The molecular formula is C23H30N2O3S. The first kappa shape index (κ1) is 21.4. The van der Waals surface area contributed by atoms with Gasteiger partial charge in [-0.1, -0.05) is 61.1 Å². The van der Waals surface area contributed by atoms with Gasteiger partial charge in [0.2, 0.25) is 5.91 Å². The van der Waals surface area contributed by atoms with E-state index in [9.17, 15) is 13.2 Å². The number of carbonyl (C=O) groups is 1. The summed E-state index contributed by atoms with van der Waals surface area (Å²) >= 11 is 0. The fourth-order valence-electron chi connectivity index (χ4n) is 3.69. The van der Waals surface area contributed by atoms with Crippen LogP contribution in [0.25, 0.3) is 0 Å². The SMILES string of the molecule is Cc1ccc(N(CC(=O)NC2CCCCCC2)S(=O)(=O)c2ccc(C)cc2)cc1. The van der Waals surface area contributed by atoms with Crippen LogP contribution in [0.1, 0.15) is 49.7 Å². The van der Waals surface area contributed by atoms with E-state index in [4.69, 9.17) is 0 Å². The number of amides is 1. The highest BCUT2D eigenvalue weighted by Gasteiger charge is 2.28. The number of nitrogens with one attached hydrogen (secondary N) is 1. The molecule has 0 bridgehead atoms. The second kappa shape index (κ2) is 9.44. The van der Waals surface area contributed by atoms with Crippen LogP contribution in [0, 0.1) is 13.8 Å². The lowest BCUT2D eigenvalue weighted by Gasteiger charge is -2.25. The smallest absolute Gasteiger partial charge is 0.264 e. The molecule has 29 heavy (non-hydrogen) atoms. The molecular weight excluding hydrogens is 384 g/mol. The van der Waals surface area contributed by atoms with Crippen LogP contribution in [0.5, 0.6) is 0 Å². The monoisotopic (exact) mass is 414 g/mol. The minimum Gasteiger partial charge on any atom is -0.352 e. The van der Waals surface area contributed by atoms with Crippen LogP contribution in [0.15, 0.2) is 53.4 Å².